The Balaban J connectivity index is 1.43. The van der Waals surface area contributed by atoms with E-state index in [0.717, 1.165) is 50.8 Å². The van der Waals surface area contributed by atoms with Crippen LogP contribution in [0.4, 0.5) is 5.95 Å². The number of hydrogen-bond acceptors (Lipinski definition) is 5. The molecular weight excluding hydrogens is 388 g/mol. The van der Waals surface area contributed by atoms with Gasteiger partial charge in [-0.1, -0.05) is 38.0 Å². The van der Waals surface area contributed by atoms with E-state index in [0.29, 0.717) is 30.2 Å². The number of benzene rings is 1. The summed E-state index contributed by atoms with van der Waals surface area (Å²) in [6.45, 7) is 7.13. The van der Waals surface area contributed by atoms with E-state index >= 15 is 0 Å². The minimum absolute atomic E-state index is 0.0573. The normalized spacial score (nSPS) is 18.5. The number of nitrogens with one attached hydrogen (secondary N) is 2. The van der Waals surface area contributed by atoms with Crippen LogP contribution in [0.15, 0.2) is 30.5 Å². The lowest BCUT2D eigenvalue weighted by atomic mass is 9.89. The number of anilines is 1. The molecule has 1 aliphatic heterocycles. The van der Waals surface area contributed by atoms with Gasteiger partial charge in [-0.3, -0.25) is 9.89 Å². The molecule has 2 aromatic heterocycles. The molecule has 0 bridgehead atoms. The van der Waals surface area contributed by atoms with E-state index in [9.17, 15) is 4.79 Å². The van der Waals surface area contributed by atoms with E-state index in [1.165, 1.54) is 10.9 Å². The van der Waals surface area contributed by atoms with Gasteiger partial charge in [0, 0.05) is 49.2 Å². The highest BCUT2D eigenvalue weighted by Crippen LogP contribution is 2.26. The van der Waals surface area contributed by atoms with Crippen LogP contribution in [-0.4, -0.2) is 63.6 Å². The van der Waals surface area contributed by atoms with E-state index in [4.69, 9.17) is 0 Å². The number of Topliss-reactive ketones (excluding diaryl/α,β-unsaturated/α-hetero) is 1. The van der Waals surface area contributed by atoms with Crippen molar-refractivity contribution in [1.82, 2.24) is 25.1 Å². The van der Waals surface area contributed by atoms with Crippen LogP contribution < -0.4 is 4.90 Å². The van der Waals surface area contributed by atoms with Crippen LogP contribution >= 0.6 is 0 Å². The van der Waals surface area contributed by atoms with Gasteiger partial charge in [0.2, 0.25) is 5.95 Å². The number of fused-ring (bicyclic) bond motifs is 1. The number of carbonyl (C=O) groups is 1. The Bertz CT molecular complexity index is 1010. The van der Waals surface area contributed by atoms with E-state index < -0.39 is 0 Å². The first-order valence-corrected chi connectivity index (χ1v) is 11.5. The van der Waals surface area contributed by atoms with Crippen LogP contribution in [0.1, 0.15) is 55.7 Å². The van der Waals surface area contributed by atoms with Crippen molar-refractivity contribution in [3.05, 3.63) is 41.9 Å². The average Bonchev–Trinajstić information content (AvgIpc) is 3.42. The number of nitrogens with zero attached hydrogens (tertiary/aromatic N) is 4. The number of H-pyrrole nitrogens is 2. The van der Waals surface area contributed by atoms with Crippen LogP contribution in [0.2, 0.25) is 0 Å². The zero-order chi connectivity index (χ0) is 21.8. The fraction of sp³-hybridized carbons (Fsp3) is 0.542. The molecule has 31 heavy (non-hydrogen) atoms. The molecule has 1 aromatic carbocycles. The second-order valence-corrected chi connectivity index (χ2v) is 8.96. The maximum absolute atomic E-state index is 13.1. The predicted molar refractivity (Wildman–Crippen MR) is 125 cm³/mol. The first-order chi connectivity index (χ1) is 15.0. The summed E-state index contributed by atoms with van der Waals surface area (Å²) < 4.78 is 0. The lowest BCUT2D eigenvalue weighted by Gasteiger charge is -2.37. The number of piperazine rings is 1. The fourth-order valence-corrected chi connectivity index (χ4v) is 4.49. The molecule has 3 heterocycles. The third-order valence-electron chi connectivity index (χ3n) is 6.60. The fourth-order valence-electron chi connectivity index (χ4n) is 4.49. The standard InChI is InChI=1S/C24H34N6O/c1-4-5-8-18(13-19-15-25-21-10-7-6-9-20(19)21)14-22(31)23-26-24(28-27-23)30-12-11-29(3)17(2)16-30/h6-7,9-10,15,17-18,25H,4-5,8,11-14,16H2,1-3H3,(H,26,27,28). The molecule has 0 radical (unpaired) electrons. The molecule has 7 nitrogen and oxygen atoms in total. The van der Waals surface area contributed by atoms with Gasteiger partial charge >= 0.3 is 0 Å². The molecule has 1 fully saturated rings. The van der Waals surface area contributed by atoms with Crippen LogP contribution in [0.3, 0.4) is 0 Å². The zero-order valence-corrected chi connectivity index (χ0v) is 18.9. The van der Waals surface area contributed by atoms with Crippen LogP contribution in [-0.2, 0) is 6.42 Å². The molecule has 0 aliphatic carbocycles. The Morgan fingerprint density at radius 3 is 2.94 bits per heavy atom. The monoisotopic (exact) mass is 422 g/mol. The van der Waals surface area contributed by atoms with Gasteiger partial charge in [-0.15, -0.1) is 5.10 Å². The molecule has 4 rings (SSSR count). The first-order valence-electron chi connectivity index (χ1n) is 11.5. The van der Waals surface area contributed by atoms with Crippen molar-refractivity contribution < 1.29 is 4.79 Å². The maximum Gasteiger partial charge on any atom is 0.245 e. The Morgan fingerprint density at radius 1 is 1.29 bits per heavy atom. The molecule has 1 saturated heterocycles. The SMILES string of the molecule is CCCCC(CC(=O)c1nc(N2CCN(C)C(C)C2)n[nH]1)Cc1c[nH]c2ccccc12. The number of hydrogen-bond donors (Lipinski definition) is 2. The molecule has 0 spiro atoms. The minimum atomic E-state index is 0.0573. The lowest BCUT2D eigenvalue weighted by Crippen LogP contribution is -2.50. The summed E-state index contributed by atoms with van der Waals surface area (Å²) in [5, 5.41) is 8.51. The number of carbonyl (C=O) groups excluding carboxylic acids is 1. The van der Waals surface area contributed by atoms with E-state index in [2.05, 4.69) is 75.3 Å². The summed E-state index contributed by atoms with van der Waals surface area (Å²) in [6, 6.07) is 8.81. The van der Waals surface area contributed by atoms with Gasteiger partial charge in [-0.2, -0.15) is 4.98 Å². The van der Waals surface area contributed by atoms with Crippen LogP contribution in [0, 0.1) is 5.92 Å². The number of rotatable bonds is 9. The lowest BCUT2D eigenvalue weighted by molar-refractivity contribution is 0.0948. The van der Waals surface area contributed by atoms with Crippen molar-refractivity contribution in [2.24, 2.45) is 5.92 Å². The molecular formula is C24H34N6O. The van der Waals surface area contributed by atoms with Crippen molar-refractivity contribution in [3.8, 4) is 0 Å². The first kappa shape index (κ1) is 21.6. The minimum Gasteiger partial charge on any atom is -0.361 e. The number of aromatic nitrogens is 4. The maximum atomic E-state index is 13.1. The highest BCUT2D eigenvalue weighted by molar-refractivity contribution is 5.93. The van der Waals surface area contributed by atoms with Gasteiger partial charge in [-0.05, 0) is 44.4 Å². The number of para-hydroxylation sites is 1. The van der Waals surface area contributed by atoms with Gasteiger partial charge in [-0.25, -0.2) is 0 Å². The molecule has 1 aliphatic rings. The topological polar surface area (TPSA) is 80.9 Å². The molecule has 0 amide bonds. The second kappa shape index (κ2) is 9.64. The molecule has 3 aromatic rings. The zero-order valence-electron chi connectivity index (χ0n) is 18.9. The summed E-state index contributed by atoms with van der Waals surface area (Å²) in [5.41, 5.74) is 2.44. The summed E-state index contributed by atoms with van der Waals surface area (Å²) in [5.74, 6) is 1.39. The quantitative estimate of drug-likeness (QED) is 0.509. The Morgan fingerprint density at radius 2 is 2.13 bits per heavy atom. The van der Waals surface area contributed by atoms with Crippen molar-refractivity contribution in [3.63, 3.8) is 0 Å². The Kier molecular flexibility index (Phi) is 6.70. The Labute approximate surface area is 184 Å². The third-order valence-corrected chi connectivity index (χ3v) is 6.60. The van der Waals surface area contributed by atoms with Gasteiger partial charge in [0.15, 0.2) is 11.6 Å². The Hall–Kier alpha value is -2.67. The molecule has 2 N–H and O–H groups in total. The van der Waals surface area contributed by atoms with Crippen molar-refractivity contribution in [2.45, 2.75) is 52.0 Å². The average molecular weight is 423 g/mol. The van der Waals surface area contributed by atoms with E-state index in [1.807, 2.05) is 6.07 Å². The van der Waals surface area contributed by atoms with Crippen LogP contribution in [0.25, 0.3) is 10.9 Å². The number of aromatic amines is 2. The van der Waals surface area contributed by atoms with E-state index in [-0.39, 0.29) is 5.78 Å². The summed E-state index contributed by atoms with van der Waals surface area (Å²) in [6.07, 6.45) is 6.78. The molecule has 7 heteroatoms. The van der Waals surface area contributed by atoms with Crippen molar-refractivity contribution in [2.75, 3.05) is 31.6 Å². The second-order valence-electron chi connectivity index (χ2n) is 8.96. The highest BCUT2D eigenvalue weighted by Gasteiger charge is 2.25. The number of likely N-dealkylation sites (N-methyl/N-ethyl adjacent to an activating group) is 1. The molecule has 2 unspecified atom stereocenters. The van der Waals surface area contributed by atoms with Crippen molar-refractivity contribution >= 4 is 22.6 Å². The smallest absolute Gasteiger partial charge is 0.245 e. The molecule has 2 atom stereocenters. The van der Waals surface area contributed by atoms with E-state index in [1.54, 1.807) is 0 Å². The van der Waals surface area contributed by atoms with Gasteiger partial charge in [0.05, 0.1) is 0 Å². The molecule has 0 saturated carbocycles. The van der Waals surface area contributed by atoms with Gasteiger partial charge in [0.25, 0.3) is 0 Å². The van der Waals surface area contributed by atoms with Crippen molar-refractivity contribution in [1.29, 1.82) is 0 Å². The van der Waals surface area contributed by atoms with Crippen LogP contribution in [0.5, 0.6) is 0 Å². The highest BCUT2D eigenvalue weighted by atomic mass is 16.1. The predicted octanol–water partition coefficient (Wildman–Crippen LogP) is 4.05. The largest absolute Gasteiger partial charge is 0.361 e. The summed E-state index contributed by atoms with van der Waals surface area (Å²) in [7, 11) is 2.14. The number of unbranched alkanes of at least 4 members (excludes halogenated alkanes) is 1. The third kappa shape index (κ3) is 4.98. The van der Waals surface area contributed by atoms with Gasteiger partial charge in [0.1, 0.15) is 0 Å². The number of ketones is 1. The molecule has 166 valence electrons. The summed E-state index contributed by atoms with van der Waals surface area (Å²) in [4.78, 5) is 25.5. The van der Waals surface area contributed by atoms with Gasteiger partial charge < -0.3 is 14.8 Å². The summed E-state index contributed by atoms with van der Waals surface area (Å²) >= 11 is 0.